The SMILES string of the molecule is O=C(CCc1cccnc1)NCCCS(=O)(=O)Cc1ccccc1. The Labute approximate surface area is 143 Å². The summed E-state index contributed by atoms with van der Waals surface area (Å²) < 4.78 is 24.1. The fraction of sp³-hybridized carbons (Fsp3) is 0.333. The third-order valence-electron chi connectivity index (χ3n) is 3.55. The molecule has 0 spiro atoms. The predicted octanol–water partition coefficient (Wildman–Crippen LogP) is 2.14. The van der Waals surface area contributed by atoms with E-state index < -0.39 is 9.84 Å². The Morgan fingerprint density at radius 2 is 1.79 bits per heavy atom. The highest BCUT2D eigenvalue weighted by atomic mass is 32.2. The number of rotatable bonds is 9. The molecule has 1 aromatic heterocycles. The Balaban J connectivity index is 1.64. The number of carbonyl (C=O) groups is 1. The minimum atomic E-state index is -3.15. The van der Waals surface area contributed by atoms with Gasteiger partial charge in [-0.2, -0.15) is 0 Å². The highest BCUT2D eigenvalue weighted by Crippen LogP contribution is 2.07. The summed E-state index contributed by atoms with van der Waals surface area (Å²) in [6.07, 6.45) is 4.87. The molecule has 0 aliphatic carbocycles. The van der Waals surface area contributed by atoms with Gasteiger partial charge in [-0.1, -0.05) is 36.4 Å². The maximum Gasteiger partial charge on any atom is 0.220 e. The number of hydrogen-bond acceptors (Lipinski definition) is 4. The number of carbonyl (C=O) groups excluding carboxylic acids is 1. The van der Waals surface area contributed by atoms with Crippen LogP contribution in [0.4, 0.5) is 0 Å². The molecule has 0 aliphatic heterocycles. The molecule has 128 valence electrons. The molecule has 2 rings (SSSR count). The molecule has 24 heavy (non-hydrogen) atoms. The zero-order valence-electron chi connectivity index (χ0n) is 13.5. The van der Waals surface area contributed by atoms with Gasteiger partial charge in [0.1, 0.15) is 0 Å². The summed E-state index contributed by atoms with van der Waals surface area (Å²) in [5.74, 6) is 0.0485. The first-order valence-electron chi connectivity index (χ1n) is 7.95. The van der Waals surface area contributed by atoms with Gasteiger partial charge in [0.25, 0.3) is 0 Å². The summed E-state index contributed by atoms with van der Waals surface area (Å²) in [5.41, 5.74) is 1.80. The molecular formula is C18H22N2O3S. The van der Waals surface area contributed by atoms with Gasteiger partial charge in [-0.25, -0.2) is 8.42 Å². The van der Waals surface area contributed by atoms with Gasteiger partial charge in [-0.05, 0) is 30.0 Å². The highest BCUT2D eigenvalue weighted by Gasteiger charge is 2.11. The summed E-state index contributed by atoms with van der Waals surface area (Å²) in [5, 5.41) is 2.77. The van der Waals surface area contributed by atoms with Crippen LogP contribution < -0.4 is 5.32 Å². The van der Waals surface area contributed by atoms with Crippen LogP contribution in [0.2, 0.25) is 0 Å². The predicted molar refractivity (Wildman–Crippen MR) is 94.1 cm³/mol. The van der Waals surface area contributed by atoms with Gasteiger partial charge in [0.05, 0.1) is 11.5 Å². The normalized spacial score (nSPS) is 11.2. The Kier molecular flexibility index (Phi) is 6.93. The molecule has 1 aromatic carbocycles. The van der Waals surface area contributed by atoms with Crippen LogP contribution in [0.25, 0.3) is 0 Å². The van der Waals surface area contributed by atoms with E-state index in [2.05, 4.69) is 10.3 Å². The molecule has 0 aliphatic rings. The lowest BCUT2D eigenvalue weighted by Gasteiger charge is -2.07. The van der Waals surface area contributed by atoms with E-state index in [1.807, 2.05) is 30.3 Å². The molecule has 1 amide bonds. The van der Waals surface area contributed by atoms with E-state index in [9.17, 15) is 13.2 Å². The van der Waals surface area contributed by atoms with E-state index in [-0.39, 0.29) is 17.4 Å². The number of nitrogens with zero attached hydrogens (tertiary/aromatic N) is 1. The Hall–Kier alpha value is -2.21. The number of nitrogens with one attached hydrogen (secondary N) is 1. The van der Waals surface area contributed by atoms with Crippen molar-refractivity contribution in [3.8, 4) is 0 Å². The molecule has 0 saturated heterocycles. The lowest BCUT2D eigenvalue weighted by atomic mass is 10.1. The molecule has 0 fully saturated rings. The zero-order valence-corrected chi connectivity index (χ0v) is 14.3. The van der Waals surface area contributed by atoms with Crippen molar-refractivity contribution in [3.05, 3.63) is 66.0 Å². The third kappa shape index (κ3) is 6.91. The second kappa shape index (κ2) is 9.17. The van der Waals surface area contributed by atoms with Gasteiger partial charge < -0.3 is 5.32 Å². The van der Waals surface area contributed by atoms with Crippen LogP contribution in [0.3, 0.4) is 0 Å². The minimum absolute atomic E-state index is 0.0444. The van der Waals surface area contributed by atoms with Crippen molar-refractivity contribution in [1.29, 1.82) is 0 Å². The van der Waals surface area contributed by atoms with Crippen LogP contribution in [0.1, 0.15) is 24.0 Å². The van der Waals surface area contributed by atoms with E-state index in [1.165, 1.54) is 0 Å². The first kappa shape index (κ1) is 18.1. The van der Waals surface area contributed by atoms with E-state index in [0.29, 0.717) is 25.8 Å². The standard InChI is InChI=1S/C18H22N2O3S/c21-18(10-9-16-8-4-11-19-14-16)20-12-5-13-24(22,23)15-17-6-2-1-3-7-17/h1-4,6-8,11,14H,5,9-10,12-13,15H2,(H,20,21). The fourth-order valence-corrected chi connectivity index (χ4v) is 3.74. The van der Waals surface area contributed by atoms with Crippen LogP contribution in [-0.2, 0) is 26.8 Å². The average molecular weight is 346 g/mol. The van der Waals surface area contributed by atoms with Crippen LogP contribution in [0.5, 0.6) is 0 Å². The summed E-state index contributed by atoms with van der Waals surface area (Å²) in [6, 6.07) is 12.9. The van der Waals surface area contributed by atoms with Crippen LogP contribution in [0.15, 0.2) is 54.9 Å². The van der Waals surface area contributed by atoms with E-state index >= 15 is 0 Å². The quantitative estimate of drug-likeness (QED) is 0.706. The van der Waals surface area contributed by atoms with Gasteiger partial charge >= 0.3 is 0 Å². The number of aryl methyl sites for hydroxylation is 1. The molecule has 5 nitrogen and oxygen atoms in total. The first-order valence-corrected chi connectivity index (χ1v) is 9.77. The lowest BCUT2D eigenvalue weighted by Crippen LogP contribution is -2.26. The van der Waals surface area contributed by atoms with Crippen molar-refractivity contribution in [2.75, 3.05) is 12.3 Å². The minimum Gasteiger partial charge on any atom is -0.356 e. The zero-order chi connectivity index (χ0) is 17.3. The van der Waals surface area contributed by atoms with Gasteiger partial charge in [0.2, 0.25) is 5.91 Å². The van der Waals surface area contributed by atoms with E-state index in [4.69, 9.17) is 0 Å². The average Bonchev–Trinajstić information content (AvgIpc) is 2.58. The van der Waals surface area contributed by atoms with Crippen molar-refractivity contribution in [1.82, 2.24) is 10.3 Å². The van der Waals surface area contributed by atoms with Crippen molar-refractivity contribution < 1.29 is 13.2 Å². The Bertz CT molecular complexity index is 731. The monoisotopic (exact) mass is 346 g/mol. The molecule has 0 unspecified atom stereocenters. The second-order valence-corrected chi connectivity index (χ2v) is 7.83. The van der Waals surface area contributed by atoms with Crippen LogP contribution in [-0.4, -0.2) is 31.6 Å². The number of pyridine rings is 1. The van der Waals surface area contributed by atoms with Crippen molar-refractivity contribution in [2.45, 2.75) is 25.0 Å². The Morgan fingerprint density at radius 1 is 1.04 bits per heavy atom. The fourth-order valence-electron chi connectivity index (χ4n) is 2.31. The molecule has 0 bridgehead atoms. The molecule has 6 heteroatoms. The van der Waals surface area contributed by atoms with E-state index in [1.54, 1.807) is 24.5 Å². The molecular weight excluding hydrogens is 324 g/mol. The molecule has 2 aromatic rings. The van der Waals surface area contributed by atoms with Gasteiger partial charge in [0, 0.05) is 25.4 Å². The lowest BCUT2D eigenvalue weighted by molar-refractivity contribution is -0.121. The maximum absolute atomic E-state index is 12.0. The largest absolute Gasteiger partial charge is 0.356 e. The molecule has 0 radical (unpaired) electrons. The summed E-state index contributed by atoms with van der Waals surface area (Å²) >= 11 is 0. The maximum atomic E-state index is 12.0. The van der Waals surface area contributed by atoms with Gasteiger partial charge in [-0.3, -0.25) is 9.78 Å². The van der Waals surface area contributed by atoms with Crippen molar-refractivity contribution in [2.24, 2.45) is 0 Å². The first-order chi connectivity index (χ1) is 11.6. The Morgan fingerprint density at radius 3 is 2.50 bits per heavy atom. The summed E-state index contributed by atoms with van der Waals surface area (Å²) in [7, 11) is -3.15. The molecule has 0 saturated carbocycles. The number of benzene rings is 1. The van der Waals surface area contributed by atoms with Crippen LogP contribution >= 0.6 is 0 Å². The molecule has 1 N–H and O–H groups in total. The number of sulfone groups is 1. The molecule has 1 heterocycles. The van der Waals surface area contributed by atoms with Crippen LogP contribution in [0, 0.1) is 0 Å². The smallest absolute Gasteiger partial charge is 0.220 e. The summed E-state index contributed by atoms with van der Waals surface area (Å²) in [6.45, 7) is 0.375. The summed E-state index contributed by atoms with van der Waals surface area (Å²) in [4.78, 5) is 15.8. The third-order valence-corrected chi connectivity index (χ3v) is 5.23. The topological polar surface area (TPSA) is 76.1 Å². The second-order valence-electron chi connectivity index (χ2n) is 5.64. The van der Waals surface area contributed by atoms with E-state index in [0.717, 1.165) is 11.1 Å². The number of amides is 1. The van der Waals surface area contributed by atoms with Gasteiger partial charge in [-0.15, -0.1) is 0 Å². The van der Waals surface area contributed by atoms with Crippen molar-refractivity contribution >= 4 is 15.7 Å². The van der Waals surface area contributed by atoms with Gasteiger partial charge in [0.15, 0.2) is 9.84 Å². The number of hydrogen-bond donors (Lipinski definition) is 1. The number of aromatic nitrogens is 1. The van der Waals surface area contributed by atoms with Crippen molar-refractivity contribution in [3.63, 3.8) is 0 Å². The highest BCUT2D eigenvalue weighted by molar-refractivity contribution is 7.90. The molecule has 0 atom stereocenters.